The van der Waals surface area contributed by atoms with Crippen molar-refractivity contribution in [3.8, 4) is 11.4 Å². The first-order chi connectivity index (χ1) is 13.5. The fourth-order valence-corrected chi connectivity index (χ4v) is 2.71. The van der Waals surface area contributed by atoms with Crippen LogP contribution in [0.5, 0.6) is 0 Å². The van der Waals surface area contributed by atoms with Crippen molar-refractivity contribution in [2.45, 2.75) is 46.5 Å². The van der Waals surface area contributed by atoms with Crippen molar-refractivity contribution in [3.63, 3.8) is 0 Å². The number of nitrogens with zero attached hydrogens (tertiary/aromatic N) is 3. The van der Waals surface area contributed by atoms with Crippen LogP contribution < -0.4 is 0 Å². The summed E-state index contributed by atoms with van der Waals surface area (Å²) in [6.07, 6.45) is 10.2. The molecule has 0 amide bonds. The molecule has 6 heteroatoms. The molecular weight excluding hydrogens is 542 g/mol. The van der Waals surface area contributed by atoms with E-state index in [4.69, 9.17) is 5.11 Å². The van der Waals surface area contributed by atoms with Crippen molar-refractivity contribution in [2.24, 2.45) is 0 Å². The number of aryl methyl sites for hydroxylation is 3. The van der Waals surface area contributed by atoms with Gasteiger partial charge in [0, 0.05) is 38.7 Å². The third kappa shape index (κ3) is 8.63. The third-order valence-electron chi connectivity index (χ3n) is 4.05. The first-order valence-electron chi connectivity index (χ1n) is 9.45. The van der Waals surface area contributed by atoms with Gasteiger partial charge in [-0.15, -0.1) is 34.9 Å². The van der Waals surface area contributed by atoms with Crippen LogP contribution in [-0.4, -0.2) is 26.0 Å². The molecule has 5 nitrogen and oxygen atoms in total. The Balaban J connectivity index is 0.000000355. The van der Waals surface area contributed by atoms with E-state index in [-0.39, 0.29) is 25.8 Å². The number of carbonyl (C=O) groups is 1. The Bertz CT molecular complexity index is 864. The second kappa shape index (κ2) is 12.9. The molecule has 0 spiro atoms. The molecule has 3 rings (SSSR count). The molecule has 0 atom stereocenters. The van der Waals surface area contributed by atoms with Crippen LogP contribution in [0.15, 0.2) is 48.9 Å². The number of aromatic carboxylic acids is 1. The summed E-state index contributed by atoms with van der Waals surface area (Å²) in [5, 5.41) is 8.32. The Kier molecular flexibility index (Phi) is 11.0. The predicted octanol–water partition coefficient (Wildman–Crippen LogP) is 5.07. The summed E-state index contributed by atoms with van der Waals surface area (Å²) in [6.45, 7) is 6.36. The van der Waals surface area contributed by atoms with Crippen LogP contribution in [0, 0.1) is 19.9 Å². The summed E-state index contributed by atoms with van der Waals surface area (Å²) >= 11 is 0. The Morgan fingerprint density at radius 3 is 2.31 bits per heavy atom. The van der Waals surface area contributed by atoms with Gasteiger partial charge in [-0.2, -0.15) is 0 Å². The van der Waals surface area contributed by atoms with E-state index in [0.717, 1.165) is 23.4 Å². The van der Waals surface area contributed by atoms with Crippen LogP contribution in [0.3, 0.4) is 0 Å². The predicted molar refractivity (Wildman–Crippen MR) is 110 cm³/mol. The SMILES string of the molecule is CCCCCc1cnc(-c2[c-]c(C)cc(C)c2)nc1.O=C(O)c1ccccn1.[Ir]. The van der Waals surface area contributed by atoms with Gasteiger partial charge in [0.05, 0.1) is 5.82 Å². The molecule has 0 bridgehead atoms. The van der Waals surface area contributed by atoms with Crippen LogP contribution in [0.1, 0.15) is 53.4 Å². The van der Waals surface area contributed by atoms with Crippen molar-refractivity contribution >= 4 is 5.97 Å². The van der Waals surface area contributed by atoms with Crippen LogP contribution in [-0.2, 0) is 26.5 Å². The number of pyridine rings is 1. The van der Waals surface area contributed by atoms with Crippen molar-refractivity contribution in [1.82, 2.24) is 15.0 Å². The molecule has 0 aliphatic heterocycles. The molecule has 2 heterocycles. The van der Waals surface area contributed by atoms with Crippen LogP contribution in [0.4, 0.5) is 0 Å². The minimum absolute atomic E-state index is 0. The minimum Gasteiger partial charge on any atom is -0.477 e. The monoisotopic (exact) mass is 569 g/mol. The molecule has 2 aromatic heterocycles. The maximum atomic E-state index is 10.1. The van der Waals surface area contributed by atoms with Crippen LogP contribution >= 0.6 is 0 Å². The first-order valence-corrected chi connectivity index (χ1v) is 9.45. The standard InChI is InChI=1S/C17H21N2.C6H5NO2.Ir/c1-4-5-6-7-15-11-18-17(19-12-15)16-9-13(2)8-14(3)10-16;8-6(9)5-3-1-2-4-7-5;/h8-9,11-12H,4-7H2,1-3H3;1-4H,(H,8,9);/q-1;;. The zero-order valence-corrected chi connectivity index (χ0v) is 19.4. The second-order valence-electron chi connectivity index (χ2n) is 6.65. The first kappa shape index (κ1) is 24.6. The van der Waals surface area contributed by atoms with Gasteiger partial charge in [-0.1, -0.05) is 39.7 Å². The summed E-state index contributed by atoms with van der Waals surface area (Å²) in [6, 6.07) is 12.3. The van der Waals surface area contributed by atoms with E-state index < -0.39 is 5.97 Å². The molecule has 1 N–H and O–H groups in total. The van der Waals surface area contributed by atoms with Crippen molar-refractivity contribution in [2.75, 3.05) is 0 Å². The molecule has 0 fully saturated rings. The molecule has 0 unspecified atom stereocenters. The third-order valence-corrected chi connectivity index (χ3v) is 4.05. The quantitative estimate of drug-likeness (QED) is 0.332. The number of carboxylic acids is 1. The largest absolute Gasteiger partial charge is 0.477 e. The fraction of sp³-hybridized carbons (Fsp3) is 0.304. The maximum Gasteiger partial charge on any atom is 0.354 e. The average molecular weight is 569 g/mol. The number of aromatic nitrogens is 3. The zero-order chi connectivity index (χ0) is 20.4. The number of unbranched alkanes of at least 4 members (excludes halogenated alkanes) is 2. The zero-order valence-electron chi connectivity index (χ0n) is 17.0. The van der Waals surface area contributed by atoms with Gasteiger partial charge in [0.25, 0.3) is 0 Å². The van der Waals surface area contributed by atoms with E-state index in [0.29, 0.717) is 0 Å². The number of hydrogen-bond acceptors (Lipinski definition) is 4. The Hall–Kier alpha value is -2.43. The van der Waals surface area contributed by atoms with Crippen molar-refractivity contribution in [3.05, 3.63) is 77.4 Å². The number of benzene rings is 1. The van der Waals surface area contributed by atoms with Crippen molar-refractivity contribution < 1.29 is 30.0 Å². The smallest absolute Gasteiger partial charge is 0.354 e. The molecule has 1 radical (unpaired) electrons. The molecule has 155 valence electrons. The molecular formula is C23H26IrN3O2-. The summed E-state index contributed by atoms with van der Waals surface area (Å²) in [5.41, 5.74) is 4.64. The Labute approximate surface area is 186 Å². The number of hydrogen-bond donors (Lipinski definition) is 1. The van der Waals surface area contributed by atoms with Gasteiger partial charge in [-0.25, -0.2) is 9.78 Å². The Morgan fingerprint density at radius 2 is 1.79 bits per heavy atom. The normalized spacial score (nSPS) is 9.76. The second-order valence-corrected chi connectivity index (χ2v) is 6.65. The number of carboxylic acid groups (broad SMARTS) is 1. The maximum absolute atomic E-state index is 10.1. The van der Waals surface area contributed by atoms with E-state index in [1.165, 1.54) is 42.7 Å². The van der Waals surface area contributed by atoms with Gasteiger partial charge in [0.2, 0.25) is 0 Å². The van der Waals surface area contributed by atoms with E-state index in [9.17, 15) is 4.79 Å². The van der Waals surface area contributed by atoms with Crippen LogP contribution in [0.25, 0.3) is 11.4 Å². The molecule has 3 aromatic rings. The topological polar surface area (TPSA) is 76.0 Å². The summed E-state index contributed by atoms with van der Waals surface area (Å²) in [5.74, 6) is -0.221. The average Bonchev–Trinajstić information content (AvgIpc) is 2.69. The van der Waals surface area contributed by atoms with Gasteiger partial charge in [0.1, 0.15) is 5.69 Å². The summed E-state index contributed by atoms with van der Waals surface area (Å²) in [4.78, 5) is 22.7. The van der Waals surface area contributed by atoms with Gasteiger partial charge < -0.3 is 5.11 Å². The number of rotatable bonds is 6. The molecule has 0 saturated heterocycles. The van der Waals surface area contributed by atoms with E-state index in [1.807, 2.05) is 12.4 Å². The van der Waals surface area contributed by atoms with Gasteiger partial charge in [-0.3, -0.25) is 9.97 Å². The molecule has 29 heavy (non-hydrogen) atoms. The van der Waals surface area contributed by atoms with E-state index >= 15 is 0 Å². The molecule has 0 saturated carbocycles. The fourth-order valence-electron chi connectivity index (χ4n) is 2.71. The Morgan fingerprint density at radius 1 is 1.07 bits per heavy atom. The molecule has 1 aromatic carbocycles. The summed E-state index contributed by atoms with van der Waals surface area (Å²) in [7, 11) is 0. The van der Waals surface area contributed by atoms with Gasteiger partial charge in [0.15, 0.2) is 0 Å². The van der Waals surface area contributed by atoms with E-state index in [2.05, 4.69) is 53.9 Å². The van der Waals surface area contributed by atoms with Crippen molar-refractivity contribution in [1.29, 1.82) is 0 Å². The van der Waals surface area contributed by atoms with E-state index in [1.54, 1.807) is 12.1 Å². The minimum atomic E-state index is -0.990. The van der Waals surface area contributed by atoms with Crippen LogP contribution in [0.2, 0.25) is 0 Å². The summed E-state index contributed by atoms with van der Waals surface area (Å²) < 4.78 is 0. The molecule has 0 aliphatic rings. The van der Waals surface area contributed by atoms with Gasteiger partial charge >= 0.3 is 5.97 Å². The molecule has 0 aliphatic carbocycles. The van der Waals surface area contributed by atoms with Gasteiger partial charge in [-0.05, 0) is 30.5 Å².